The predicted molar refractivity (Wildman–Crippen MR) is 49.7 cm³/mol. The van der Waals surface area contributed by atoms with E-state index in [2.05, 4.69) is 13.2 Å². The van der Waals surface area contributed by atoms with Gasteiger partial charge in [0.2, 0.25) is 0 Å². The molecule has 0 aromatic heterocycles. The predicted octanol–water partition coefficient (Wildman–Crippen LogP) is 2.32. The summed E-state index contributed by atoms with van der Waals surface area (Å²) in [5.41, 5.74) is 0.503. The molecule has 1 unspecified atom stereocenters. The summed E-state index contributed by atoms with van der Waals surface area (Å²) < 4.78 is 4.97. The molecule has 2 nitrogen and oxygen atoms in total. The van der Waals surface area contributed by atoms with Crippen LogP contribution in [-0.4, -0.2) is 12.1 Å². The van der Waals surface area contributed by atoms with Crippen molar-refractivity contribution in [3.05, 3.63) is 24.8 Å². The number of rotatable bonds is 4. The first-order valence-electron chi connectivity index (χ1n) is 4.01. The summed E-state index contributed by atoms with van der Waals surface area (Å²) in [5, 5.41) is 0. The van der Waals surface area contributed by atoms with Crippen LogP contribution in [0.1, 0.15) is 20.8 Å². The maximum absolute atomic E-state index is 11.2. The molecule has 0 heterocycles. The Morgan fingerprint density at radius 1 is 1.42 bits per heavy atom. The van der Waals surface area contributed by atoms with E-state index >= 15 is 0 Å². The van der Waals surface area contributed by atoms with E-state index in [1.54, 1.807) is 13.0 Å². The summed E-state index contributed by atoms with van der Waals surface area (Å²) in [6, 6.07) is 0. The van der Waals surface area contributed by atoms with Gasteiger partial charge in [-0.3, -0.25) is 0 Å². The largest absolute Gasteiger partial charge is 0.455 e. The molecule has 0 radical (unpaired) electrons. The Hall–Kier alpha value is -1.05. The molecule has 0 spiro atoms. The molecular formula is C10H16O2. The van der Waals surface area contributed by atoms with Crippen LogP contribution in [0.4, 0.5) is 0 Å². The zero-order valence-electron chi connectivity index (χ0n) is 7.96. The minimum absolute atomic E-state index is 0.134. The summed E-state index contributed by atoms with van der Waals surface area (Å²) in [4.78, 5) is 11.2. The number of hydrogen-bond donors (Lipinski definition) is 0. The maximum Gasteiger partial charge on any atom is 0.334 e. The van der Waals surface area contributed by atoms with Gasteiger partial charge in [-0.1, -0.05) is 33.1 Å². The van der Waals surface area contributed by atoms with E-state index in [-0.39, 0.29) is 18.0 Å². The zero-order valence-corrected chi connectivity index (χ0v) is 7.96. The molecule has 2 heteroatoms. The third-order valence-electron chi connectivity index (χ3n) is 1.58. The molecule has 12 heavy (non-hydrogen) atoms. The first kappa shape index (κ1) is 11.0. The van der Waals surface area contributed by atoms with Crippen molar-refractivity contribution in [1.29, 1.82) is 0 Å². The first-order valence-corrected chi connectivity index (χ1v) is 4.01. The van der Waals surface area contributed by atoms with Crippen molar-refractivity contribution in [2.45, 2.75) is 26.9 Å². The second-order valence-electron chi connectivity index (χ2n) is 3.03. The van der Waals surface area contributed by atoms with Gasteiger partial charge in [-0.25, -0.2) is 4.79 Å². The average Bonchev–Trinajstić information content (AvgIpc) is 2.02. The summed E-state index contributed by atoms with van der Waals surface area (Å²) in [6.45, 7) is 12.7. The fraction of sp³-hybridized carbons (Fsp3) is 0.500. The van der Waals surface area contributed by atoms with Gasteiger partial charge in [0.1, 0.15) is 6.10 Å². The van der Waals surface area contributed by atoms with Gasteiger partial charge in [-0.05, 0) is 12.8 Å². The molecule has 68 valence electrons. The van der Waals surface area contributed by atoms with E-state index in [0.29, 0.717) is 5.57 Å². The smallest absolute Gasteiger partial charge is 0.334 e. The highest BCUT2D eigenvalue weighted by atomic mass is 16.5. The summed E-state index contributed by atoms with van der Waals surface area (Å²) >= 11 is 0. The van der Waals surface area contributed by atoms with E-state index in [1.807, 2.05) is 13.8 Å². The molecule has 0 aliphatic heterocycles. The van der Waals surface area contributed by atoms with Gasteiger partial charge in [0, 0.05) is 5.57 Å². The molecule has 1 atom stereocenters. The number of carbonyl (C=O) groups is 1. The van der Waals surface area contributed by atoms with Crippen molar-refractivity contribution in [2.75, 3.05) is 0 Å². The van der Waals surface area contributed by atoms with Crippen molar-refractivity contribution in [1.82, 2.24) is 0 Å². The highest BCUT2D eigenvalue weighted by Gasteiger charge is 2.13. The van der Waals surface area contributed by atoms with E-state index in [0.717, 1.165) is 0 Å². The van der Waals surface area contributed by atoms with Crippen molar-refractivity contribution in [2.24, 2.45) is 5.92 Å². The van der Waals surface area contributed by atoms with Gasteiger partial charge in [-0.2, -0.15) is 0 Å². The normalized spacial score (nSPS) is 12.3. The highest BCUT2D eigenvalue weighted by molar-refractivity contribution is 5.88. The number of ether oxygens (including phenoxy) is 1. The van der Waals surface area contributed by atoms with Gasteiger partial charge >= 0.3 is 5.97 Å². The van der Waals surface area contributed by atoms with Gasteiger partial charge < -0.3 is 4.74 Å². The number of carbonyl (C=O) groups excluding carboxylic acids is 1. The van der Waals surface area contributed by atoms with Crippen molar-refractivity contribution >= 4 is 5.97 Å². The SMILES string of the molecule is C=CC(C)OC(=O)C(=C)C(C)C. The lowest BCUT2D eigenvalue weighted by Gasteiger charge is -2.12. The van der Waals surface area contributed by atoms with Gasteiger partial charge in [0.05, 0.1) is 0 Å². The highest BCUT2D eigenvalue weighted by Crippen LogP contribution is 2.09. The second-order valence-corrected chi connectivity index (χ2v) is 3.03. The molecule has 0 aliphatic carbocycles. The lowest BCUT2D eigenvalue weighted by molar-refractivity contribution is -0.141. The molecule has 0 saturated carbocycles. The lowest BCUT2D eigenvalue weighted by Crippen LogP contribution is -2.16. The van der Waals surface area contributed by atoms with Crippen molar-refractivity contribution < 1.29 is 9.53 Å². The Morgan fingerprint density at radius 3 is 2.25 bits per heavy atom. The van der Waals surface area contributed by atoms with Crippen LogP contribution in [0.3, 0.4) is 0 Å². The van der Waals surface area contributed by atoms with Crippen LogP contribution in [0.5, 0.6) is 0 Å². The van der Waals surface area contributed by atoms with Crippen LogP contribution in [0.15, 0.2) is 24.8 Å². The standard InChI is InChI=1S/C10H16O2/c1-6-8(4)12-10(11)9(5)7(2)3/h6-8H,1,5H2,2-4H3. The lowest BCUT2D eigenvalue weighted by atomic mass is 10.1. The van der Waals surface area contributed by atoms with Gasteiger partial charge in [0.15, 0.2) is 0 Å². The Balaban J connectivity index is 4.04. The molecule has 0 aromatic rings. The molecule has 0 aromatic carbocycles. The van der Waals surface area contributed by atoms with E-state index in [1.165, 1.54) is 0 Å². The maximum atomic E-state index is 11.2. The summed E-state index contributed by atoms with van der Waals surface area (Å²) in [5.74, 6) is -0.202. The van der Waals surface area contributed by atoms with E-state index in [4.69, 9.17) is 4.74 Å². The molecule has 0 fully saturated rings. The topological polar surface area (TPSA) is 26.3 Å². The molecule has 0 rings (SSSR count). The first-order chi connectivity index (χ1) is 5.49. The van der Waals surface area contributed by atoms with Crippen LogP contribution in [-0.2, 0) is 9.53 Å². The van der Waals surface area contributed by atoms with E-state index in [9.17, 15) is 4.79 Å². The molecule has 0 N–H and O–H groups in total. The molecule has 0 saturated heterocycles. The van der Waals surface area contributed by atoms with E-state index < -0.39 is 0 Å². The van der Waals surface area contributed by atoms with Crippen LogP contribution < -0.4 is 0 Å². The number of hydrogen-bond acceptors (Lipinski definition) is 2. The Morgan fingerprint density at radius 2 is 1.92 bits per heavy atom. The Labute approximate surface area is 73.9 Å². The van der Waals surface area contributed by atoms with Crippen LogP contribution in [0.25, 0.3) is 0 Å². The van der Waals surface area contributed by atoms with Gasteiger partial charge in [-0.15, -0.1) is 0 Å². The minimum atomic E-state index is -0.336. The summed E-state index contributed by atoms with van der Waals surface area (Å²) in [6.07, 6.45) is 1.33. The summed E-state index contributed by atoms with van der Waals surface area (Å²) in [7, 11) is 0. The Bertz CT molecular complexity index is 192. The minimum Gasteiger partial charge on any atom is -0.455 e. The fourth-order valence-electron chi connectivity index (χ4n) is 0.528. The monoisotopic (exact) mass is 168 g/mol. The van der Waals surface area contributed by atoms with Crippen molar-refractivity contribution in [3.8, 4) is 0 Å². The quantitative estimate of drug-likeness (QED) is 0.366. The third kappa shape index (κ3) is 3.37. The average molecular weight is 168 g/mol. The van der Waals surface area contributed by atoms with Crippen molar-refractivity contribution in [3.63, 3.8) is 0 Å². The third-order valence-corrected chi connectivity index (χ3v) is 1.58. The second kappa shape index (κ2) is 4.75. The number of esters is 1. The fourth-order valence-corrected chi connectivity index (χ4v) is 0.528. The zero-order chi connectivity index (χ0) is 9.72. The molecular weight excluding hydrogens is 152 g/mol. The van der Waals surface area contributed by atoms with Crippen LogP contribution in [0, 0.1) is 5.92 Å². The molecule has 0 amide bonds. The van der Waals surface area contributed by atoms with Crippen LogP contribution >= 0.6 is 0 Å². The molecule has 0 aliphatic rings. The molecule has 0 bridgehead atoms. The van der Waals surface area contributed by atoms with Gasteiger partial charge in [0.25, 0.3) is 0 Å². The van der Waals surface area contributed by atoms with Crippen LogP contribution in [0.2, 0.25) is 0 Å². The Kier molecular flexibility index (Phi) is 4.34.